The molecule has 1 aliphatic rings. The van der Waals surface area contributed by atoms with Crippen LogP contribution in [-0.4, -0.2) is 39.8 Å². The molecule has 134 valence electrons. The van der Waals surface area contributed by atoms with Crippen molar-refractivity contribution in [1.29, 1.82) is 0 Å². The fourth-order valence-electron chi connectivity index (χ4n) is 3.07. The van der Waals surface area contributed by atoms with E-state index >= 15 is 0 Å². The summed E-state index contributed by atoms with van der Waals surface area (Å²) in [5, 5.41) is 11.9. The summed E-state index contributed by atoms with van der Waals surface area (Å²) in [4.78, 5) is 17.0. The van der Waals surface area contributed by atoms with Gasteiger partial charge in [0.15, 0.2) is 5.88 Å². The van der Waals surface area contributed by atoms with Crippen molar-refractivity contribution in [2.24, 2.45) is 0 Å². The summed E-state index contributed by atoms with van der Waals surface area (Å²) in [6.07, 6.45) is 3.28. The fourth-order valence-corrected chi connectivity index (χ4v) is 3.25. The predicted molar refractivity (Wildman–Crippen MR) is 100.0 cm³/mol. The number of aromatic amines is 1. The van der Waals surface area contributed by atoms with Crippen LogP contribution < -0.4 is 0 Å². The number of hydrogen-bond acceptors (Lipinski definition) is 3. The van der Waals surface area contributed by atoms with E-state index in [1.807, 2.05) is 39.0 Å². The molecule has 0 unspecified atom stereocenters. The Kier molecular flexibility index (Phi) is 4.69. The summed E-state index contributed by atoms with van der Waals surface area (Å²) in [5.41, 5.74) is 2.11. The number of halogens is 1. The van der Waals surface area contributed by atoms with Gasteiger partial charge in [-0.1, -0.05) is 23.7 Å². The van der Waals surface area contributed by atoms with Crippen LogP contribution in [0.4, 0.5) is 4.79 Å². The highest BCUT2D eigenvalue weighted by Gasteiger charge is 2.24. The maximum Gasteiger partial charge on any atom is 0.410 e. The Labute approximate surface area is 152 Å². The van der Waals surface area contributed by atoms with Crippen molar-refractivity contribution in [3.8, 4) is 5.88 Å². The fraction of sp³-hybridized carbons (Fsp3) is 0.421. The van der Waals surface area contributed by atoms with Crippen LogP contribution in [0.1, 0.15) is 39.2 Å². The molecule has 0 saturated heterocycles. The number of allylic oxidation sites excluding steroid dienone is 1. The number of carbonyl (C=O) groups excluding carboxylic acids is 1. The lowest BCUT2D eigenvalue weighted by atomic mass is 10.0. The summed E-state index contributed by atoms with van der Waals surface area (Å²) < 4.78 is 5.45. The summed E-state index contributed by atoms with van der Waals surface area (Å²) in [6.45, 7) is 6.67. The van der Waals surface area contributed by atoms with E-state index in [-0.39, 0.29) is 12.0 Å². The summed E-state index contributed by atoms with van der Waals surface area (Å²) in [6, 6.07) is 5.51. The minimum atomic E-state index is -0.510. The van der Waals surface area contributed by atoms with Crippen molar-refractivity contribution in [1.82, 2.24) is 9.88 Å². The lowest BCUT2D eigenvalue weighted by molar-refractivity contribution is 0.0273. The summed E-state index contributed by atoms with van der Waals surface area (Å²) in [5.74, 6) is 0.134. The number of fused-ring (bicyclic) bond motifs is 1. The van der Waals surface area contributed by atoms with Crippen molar-refractivity contribution < 1.29 is 14.6 Å². The lowest BCUT2D eigenvalue weighted by Gasteiger charge is -2.25. The van der Waals surface area contributed by atoms with Crippen LogP contribution >= 0.6 is 11.6 Å². The number of carbonyl (C=O) groups is 1. The second kappa shape index (κ2) is 6.64. The zero-order valence-electron chi connectivity index (χ0n) is 14.7. The normalized spacial score (nSPS) is 15.8. The molecule has 5 nitrogen and oxygen atoms in total. The van der Waals surface area contributed by atoms with E-state index in [2.05, 4.69) is 4.98 Å². The molecule has 0 bridgehead atoms. The minimum absolute atomic E-state index is 0.134. The third-order valence-electron chi connectivity index (χ3n) is 4.15. The average Bonchev–Trinajstić information content (AvgIpc) is 2.68. The van der Waals surface area contributed by atoms with Gasteiger partial charge in [0.2, 0.25) is 0 Å². The molecule has 0 saturated carbocycles. The van der Waals surface area contributed by atoms with E-state index in [0.717, 1.165) is 34.9 Å². The van der Waals surface area contributed by atoms with E-state index in [1.54, 1.807) is 11.0 Å². The maximum atomic E-state index is 12.3. The number of hydrogen-bond donors (Lipinski definition) is 2. The number of aromatic nitrogens is 1. The molecule has 1 aliphatic heterocycles. The van der Waals surface area contributed by atoms with Gasteiger partial charge in [0.05, 0.1) is 5.52 Å². The maximum absolute atomic E-state index is 12.3. The van der Waals surface area contributed by atoms with Gasteiger partial charge in [0, 0.05) is 29.1 Å². The highest BCUT2D eigenvalue weighted by atomic mass is 35.5. The number of amides is 1. The van der Waals surface area contributed by atoms with Crippen molar-refractivity contribution in [3.63, 3.8) is 0 Å². The van der Waals surface area contributed by atoms with Gasteiger partial charge in [-0.3, -0.25) is 0 Å². The van der Waals surface area contributed by atoms with Gasteiger partial charge in [-0.15, -0.1) is 0 Å². The van der Waals surface area contributed by atoms with Gasteiger partial charge in [0.25, 0.3) is 0 Å². The van der Waals surface area contributed by atoms with Gasteiger partial charge in [-0.25, -0.2) is 4.79 Å². The van der Waals surface area contributed by atoms with Crippen molar-refractivity contribution in [2.75, 3.05) is 13.1 Å². The summed E-state index contributed by atoms with van der Waals surface area (Å²) >= 11 is 6.02. The van der Waals surface area contributed by atoms with Crippen molar-refractivity contribution >= 4 is 34.2 Å². The van der Waals surface area contributed by atoms with E-state index in [0.29, 0.717) is 18.1 Å². The van der Waals surface area contributed by atoms with E-state index in [4.69, 9.17) is 16.3 Å². The molecule has 0 aliphatic carbocycles. The van der Waals surface area contributed by atoms with Crippen LogP contribution in [0.3, 0.4) is 0 Å². The standard InChI is InChI=1S/C19H23ClN2O3/c1-19(2,3)25-18(24)22-9-4-5-12(8-10-22)16-14-7-6-13(20)11-15(14)21-17(16)23/h6-8,11,21,23H,4-5,9-10H2,1-3H3. The number of nitrogens with one attached hydrogen (secondary N) is 1. The average molecular weight is 363 g/mol. The second-order valence-corrected chi connectivity index (χ2v) is 7.73. The molecular formula is C19H23ClN2O3. The van der Waals surface area contributed by atoms with Crippen LogP contribution in [0.2, 0.25) is 5.02 Å². The summed E-state index contributed by atoms with van der Waals surface area (Å²) in [7, 11) is 0. The zero-order valence-corrected chi connectivity index (χ0v) is 15.5. The molecule has 0 spiro atoms. The molecule has 3 rings (SSSR count). The molecule has 2 aromatic rings. The van der Waals surface area contributed by atoms with Crippen LogP contribution in [0.5, 0.6) is 5.88 Å². The molecule has 1 amide bonds. The smallest absolute Gasteiger partial charge is 0.410 e. The third kappa shape index (κ3) is 3.93. The SMILES string of the molecule is CC(C)(C)OC(=O)N1CC=C(c2c(O)[nH]c3cc(Cl)ccc23)CCC1. The predicted octanol–water partition coefficient (Wildman–Crippen LogP) is 4.94. The van der Waals surface area contributed by atoms with Crippen molar-refractivity contribution in [3.05, 3.63) is 34.9 Å². The Morgan fingerprint density at radius 1 is 1.36 bits per heavy atom. The quantitative estimate of drug-likeness (QED) is 0.755. The molecule has 6 heteroatoms. The van der Waals surface area contributed by atoms with Crippen LogP contribution in [-0.2, 0) is 4.74 Å². The third-order valence-corrected chi connectivity index (χ3v) is 4.38. The molecule has 25 heavy (non-hydrogen) atoms. The Bertz CT molecular complexity index is 833. The highest BCUT2D eigenvalue weighted by molar-refractivity contribution is 6.31. The van der Waals surface area contributed by atoms with Crippen molar-refractivity contribution in [2.45, 2.75) is 39.2 Å². The van der Waals surface area contributed by atoms with Gasteiger partial charge in [-0.2, -0.15) is 0 Å². The van der Waals surface area contributed by atoms with Gasteiger partial charge >= 0.3 is 6.09 Å². The van der Waals surface area contributed by atoms with E-state index in [1.165, 1.54) is 0 Å². The molecule has 1 aromatic heterocycles. The zero-order chi connectivity index (χ0) is 18.2. The number of H-pyrrole nitrogens is 1. The monoisotopic (exact) mass is 362 g/mol. The second-order valence-electron chi connectivity index (χ2n) is 7.30. The topological polar surface area (TPSA) is 65.6 Å². The first-order valence-electron chi connectivity index (χ1n) is 8.42. The number of ether oxygens (including phenoxy) is 1. The van der Waals surface area contributed by atoms with E-state index < -0.39 is 5.60 Å². The molecule has 0 radical (unpaired) electrons. The first kappa shape index (κ1) is 17.7. The molecule has 2 heterocycles. The highest BCUT2D eigenvalue weighted by Crippen LogP contribution is 2.37. The Hall–Kier alpha value is -2.14. The Morgan fingerprint density at radius 2 is 2.12 bits per heavy atom. The number of benzene rings is 1. The first-order valence-corrected chi connectivity index (χ1v) is 8.80. The molecule has 0 fully saturated rings. The van der Waals surface area contributed by atoms with Crippen LogP contribution in [0.15, 0.2) is 24.3 Å². The lowest BCUT2D eigenvalue weighted by Crippen LogP contribution is -2.37. The largest absolute Gasteiger partial charge is 0.494 e. The number of aromatic hydroxyl groups is 1. The Morgan fingerprint density at radius 3 is 2.84 bits per heavy atom. The molecule has 0 atom stereocenters. The van der Waals surface area contributed by atoms with Gasteiger partial charge in [0.1, 0.15) is 5.60 Å². The van der Waals surface area contributed by atoms with Crippen LogP contribution in [0, 0.1) is 0 Å². The number of nitrogens with zero attached hydrogens (tertiary/aromatic N) is 1. The number of rotatable bonds is 1. The molecular weight excluding hydrogens is 340 g/mol. The van der Waals surface area contributed by atoms with Crippen LogP contribution in [0.25, 0.3) is 16.5 Å². The van der Waals surface area contributed by atoms with Gasteiger partial charge in [-0.05, 0) is 51.3 Å². The Balaban J connectivity index is 1.87. The molecule has 2 N–H and O–H groups in total. The van der Waals surface area contributed by atoms with Gasteiger partial charge < -0.3 is 19.7 Å². The minimum Gasteiger partial charge on any atom is -0.494 e. The molecule has 1 aromatic carbocycles. The first-order chi connectivity index (χ1) is 11.7. The van der Waals surface area contributed by atoms with E-state index in [9.17, 15) is 9.90 Å².